The fourth-order valence-corrected chi connectivity index (χ4v) is 2.43. The molecular weight excluding hydrogens is 342 g/mol. The maximum atomic E-state index is 6.11. The van der Waals surface area contributed by atoms with Crippen LogP contribution in [0.25, 0.3) is 0 Å². The molecule has 0 unspecified atom stereocenters. The van der Waals surface area contributed by atoms with Gasteiger partial charge in [0.1, 0.15) is 18.1 Å². The molecule has 0 fully saturated rings. The van der Waals surface area contributed by atoms with Crippen LogP contribution >= 0.6 is 27.5 Å². The molecular formula is C15H17BrClNO2. The zero-order chi connectivity index (χ0) is 14.5. The summed E-state index contributed by atoms with van der Waals surface area (Å²) in [7, 11) is 0. The molecule has 5 heteroatoms. The minimum Gasteiger partial charge on any atom is -0.484 e. The van der Waals surface area contributed by atoms with Crippen LogP contribution in [0.2, 0.25) is 5.02 Å². The van der Waals surface area contributed by atoms with E-state index >= 15 is 0 Å². The van der Waals surface area contributed by atoms with E-state index in [1.165, 1.54) is 0 Å². The van der Waals surface area contributed by atoms with E-state index in [2.05, 4.69) is 35.1 Å². The first-order valence-electron chi connectivity index (χ1n) is 6.42. The van der Waals surface area contributed by atoms with Gasteiger partial charge >= 0.3 is 0 Å². The minimum absolute atomic E-state index is 0.365. The molecule has 0 bridgehead atoms. The van der Waals surface area contributed by atoms with Gasteiger partial charge in [-0.15, -0.1) is 0 Å². The highest BCUT2D eigenvalue weighted by Crippen LogP contribution is 2.28. The molecule has 108 valence electrons. The largest absolute Gasteiger partial charge is 0.484 e. The van der Waals surface area contributed by atoms with E-state index < -0.39 is 0 Å². The molecule has 0 spiro atoms. The van der Waals surface area contributed by atoms with Crippen LogP contribution in [-0.2, 0) is 13.2 Å². The second kappa shape index (κ2) is 7.16. The zero-order valence-electron chi connectivity index (χ0n) is 11.5. The normalized spacial score (nSPS) is 11.1. The first-order chi connectivity index (χ1) is 9.56. The van der Waals surface area contributed by atoms with Crippen LogP contribution in [0.3, 0.4) is 0 Å². The summed E-state index contributed by atoms with van der Waals surface area (Å²) in [4.78, 5) is 0. The van der Waals surface area contributed by atoms with Crippen molar-refractivity contribution in [3.8, 4) is 5.75 Å². The Bertz CT molecular complexity index is 569. The zero-order valence-corrected chi connectivity index (χ0v) is 13.8. The van der Waals surface area contributed by atoms with E-state index in [1.54, 1.807) is 12.3 Å². The average molecular weight is 359 g/mol. The van der Waals surface area contributed by atoms with Gasteiger partial charge in [0.05, 0.1) is 11.3 Å². The molecule has 0 radical (unpaired) electrons. The number of ether oxygens (including phenoxy) is 1. The van der Waals surface area contributed by atoms with E-state index in [4.69, 9.17) is 20.8 Å². The molecule has 1 aromatic carbocycles. The molecule has 3 nitrogen and oxygen atoms in total. The molecule has 0 aliphatic rings. The summed E-state index contributed by atoms with van der Waals surface area (Å²) in [5, 5.41) is 3.93. The molecule has 0 aliphatic carbocycles. The van der Waals surface area contributed by atoms with Gasteiger partial charge in [0, 0.05) is 22.6 Å². The quantitative estimate of drug-likeness (QED) is 0.807. The fourth-order valence-electron chi connectivity index (χ4n) is 1.70. The summed E-state index contributed by atoms with van der Waals surface area (Å²) >= 11 is 9.48. The Morgan fingerprint density at radius 1 is 1.35 bits per heavy atom. The van der Waals surface area contributed by atoms with Crippen LogP contribution < -0.4 is 10.1 Å². The maximum Gasteiger partial charge on any atom is 0.146 e. The third-order valence-corrected chi connectivity index (χ3v) is 3.58. The van der Waals surface area contributed by atoms with Crippen molar-refractivity contribution in [3.63, 3.8) is 0 Å². The lowest BCUT2D eigenvalue weighted by atomic mass is 10.2. The predicted octanol–water partition coefficient (Wildman–Crippen LogP) is 4.77. The summed E-state index contributed by atoms with van der Waals surface area (Å²) in [5.41, 5.74) is 1.10. The highest BCUT2D eigenvalue weighted by atomic mass is 79.9. The number of furan rings is 1. The van der Waals surface area contributed by atoms with E-state index in [-0.39, 0.29) is 0 Å². The Labute approximate surface area is 132 Å². The number of rotatable bonds is 6. The van der Waals surface area contributed by atoms with E-state index in [9.17, 15) is 0 Å². The molecule has 1 N–H and O–H groups in total. The van der Waals surface area contributed by atoms with Crippen molar-refractivity contribution in [1.82, 2.24) is 5.32 Å². The molecule has 0 amide bonds. The highest BCUT2D eigenvalue weighted by molar-refractivity contribution is 9.10. The summed E-state index contributed by atoms with van der Waals surface area (Å²) in [6.07, 6.45) is 1.68. The Hall–Kier alpha value is -0.970. The lowest BCUT2D eigenvalue weighted by Gasteiger charge is -2.10. The van der Waals surface area contributed by atoms with Gasteiger partial charge in [0.25, 0.3) is 0 Å². The third kappa shape index (κ3) is 4.27. The van der Waals surface area contributed by atoms with Gasteiger partial charge in [0.2, 0.25) is 0 Å². The van der Waals surface area contributed by atoms with Crippen molar-refractivity contribution in [2.75, 3.05) is 0 Å². The number of halogens is 2. The van der Waals surface area contributed by atoms with Gasteiger partial charge in [0.15, 0.2) is 0 Å². The molecule has 0 atom stereocenters. The summed E-state index contributed by atoms with van der Waals surface area (Å²) in [5.74, 6) is 1.46. The van der Waals surface area contributed by atoms with Gasteiger partial charge in [-0.2, -0.15) is 0 Å². The predicted molar refractivity (Wildman–Crippen MR) is 84.2 cm³/mol. The van der Waals surface area contributed by atoms with Crippen molar-refractivity contribution in [3.05, 3.63) is 51.3 Å². The molecule has 20 heavy (non-hydrogen) atoms. The summed E-state index contributed by atoms with van der Waals surface area (Å²) in [6, 6.07) is 7.92. The molecule has 0 saturated heterocycles. The lowest BCUT2D eigenvalue weighted by Crippen LogP contribution is -2.22. The summed E-state index contributed by atoms with van der Waals surface area (Å²) < 4.78 is 12.1. The van der Waals surface area contributed by atoms with Gasteiger partial charge in [-0.1, -0.05) is 41.4 Å². The first-order valence-corrected chi connectivity index (χ1v) is 7.60. The molecule has 0 saturated carbocycles. The second-order valence-electron chi connectivity index (χ2n) is 4.77. The standard InChI is InChI=1S/C15H17BrClNO2/c1-10(2)18-8-11-5-6-19-15(11)9-20-14-4-3-12(16)7-13(14)17/h3-7,10,18H,8-9H2,1-2H3. The first kappa shape index (κ1) is 15.4. The van der Waals surface area contributed by atoms with Crippen molar-refractivity contribution in [2.24, 2.45) is 0 Å². The number of hydrogen-bond acceptors (Lipinski definition) is 3. The van der Waals surface area contributed by atoms with E-state index in [0.29, 0.717) is 23.4 Å². The smallest absolute Gasteiger partial charge is 0.146 e. The van der Waals surface area contributed by atoms with E-state index in [1.807, 2.05) is 18.2 Å². The molecule has 0 aliphatic heterocycles. The molecule has 1 heterocycles. The van der Waals surface area contributed by atoms with E-state index in [0.717, 1.165) is 22.3 Å². The van der Waals surface area contributed by atoms with Crippen LogP contribution in [0.4, 0.5) is 0 Å². The fraction of sp³-hybridized carbons (Fsp3) is 0.333. The molecule has 2 aromatic rings. The monoisotopic (exact) mass is 357 g/mol. The average Bonchev–Trinajstić information content (AvgIpc) is 2.83. The number of benzene rings is 1. The van der Waals surface area contributed by atoms with Gasteiger partial charge < -0.3 is 14.5 Å². The van der Waals surface area contributed by atoms with Crippen molar-refractivity contribution >= 4 is 27.5 Å². The Balaban J connectivity index is 1.98. The lowest BCUT2D eigenvalue weighted by molar-refractivity contribution is 0.268. The van der Waals surface area contributed by atoms with Crippen LogP contribution in [-0.4, -0.2) is 6.04 Å². The van der Waals surface area contributed by atoms with Crippen molar-refractivity contribution < 1.29 is 9.15 Å². The van der Waals surface area contributed by atoms with Gasteiger partial charge in [-0.25, -0.2) is 0 Å². The Morgan fingerprint density at radius 3 is 2.85 bits per heavy atom. The second-order valence-corrected chi connectivity index (χ2v) is 6.09. The van der Waals surface area contributed by atoms with Crippen LogP contribution in [0.5, 0.6) is 5.75 Å². The molecule has 1 aromatic heterocycles. The topological polar surface area (TPSA) is 34.4 Å². The molecule has 2 rings (SSSR count). The minimum atomic E-state index is 0.365. The SMILES string of the molecule is CC(C)NCc1ccoc1COc1ccc(Br)cc1Cl. The third-order valence-electron chi connectivity index (χ3n) is 2.79. The summed E-state index contributed by atoms with van der Waals surface area (Å²) in [6.45, 7) is 5.35. The Morgan fingerprint density at radius 2 is 2.15 bits per heavy atom. The van der Waals surface area contributed by atoms with Crippen LogP contribution in [0.1, 0.15) is 25.2 Å². The van der Waals surface area contributed by atoms with Crippen molar-refractivity contribution in [2.45, 2.75) is 33.0 Å². The van der Waals surface area contributed by atoms with Crippen molar-refractivity contribution in [1.29, 1.82) is 0 Å². The van der Waals surface area contributed by atoms with Crippen LogP contribution in [0, 0.1) is 0 Å². The maximum absolute atomic E-state index is 6.11. The van der Waals surface area contributed by atoms with Gasteiger partial charge in [-0.05, 0) is 24.3 Å². The van der Waals surface area contributed by atoms with Gasteiger partial charge in [-0.3, -0.25) is 0 Å². The highest BCUT2D eigenvalue weighted by Gasteiger charge is 2.09. The number of hydrogen-bond donors (Lipinski definition) is 1. The Kier molecular flexibility index (Phi) is 5.52. The number of nitrogens with one attached hydrogen (secondary N) is 1. The van der Waals surface area contributed by atoms with Crippen LogP contribution in [0.15, 0.2) is 39.4 Å².